The Kier molecular flexibility index (Phi) is 0.215. The summed E-state index contributed by atoms with van der Waals surface area (Å²) in [5.41, 5.74) is 0. The molecular weight excluding hydrogens is 86.0 g/mol. The fraction of sp³-hybridized carbons (Fsp3) is 1.00. The molecule has 34 valence electrons. The summed E-state index contributed by atoms with van der Waals surface area (Å²) in [6.07, 6.45) is 0.799. The van der Waals surface area contributed by atoms with Crippen LogP contribution in [0.3, 0.4) is 0 Å². The number of rotatable bonds is 0. The molecular formula is C4H4F2. The maximum atomic E-state index is 11.6. The van der Waals surface area contributed by atoms with Crippen LogP contribution in [0.2, 0.25) is 0 Å². The van der Waals surface area contributed by atoms with Gasteiger partial charge in [0.05, 0.1) is 0 Å². The van der Waals surface area contributed by atoms with E-state index in [0.717, 1.165) is 6.42 Å². The zero-order chi connectivity index (χ0) is 4.36. The first-order valence-corrected chi connectivity index (χ1v) is 2.11. The van der Waals surface area contributed by atoms with Crippen molar-refractivity contribution in [1.29, 1.82) is 0 Å². The average molecular weight is 90.1 g/mol. The Hall–Kier alpha value is -0.140. The highest BCUT2D eigenvalue weighted by molar-refractivity contribution is 5.19. The van der Waals surface area contributed by atoms with Crippen molar-refractivity contribution < 1.29 is 8.78 Å². The average Bonchev–Trinajstić information content (AvgIpc) is 2.13. The van der Waals surface area contributed by atoms with E-state index in [1.165, 1.54) is 0 Å². The maximum absolute atomic E-state index is 11.6. The predicted octanol–water partition coefficient (Wildman–Crippen LogP) is 1.27. The summed E-state index contributed by atoms with van der Waals surface area (Å²) >= 11 is 0. The molecule has 0 aromatic heterocycles. The zero-order valence-electron chi connectivity index (χ0n) is 3.12. The van der Waals surface area contributed by atoms with Gasteiger partial charge in [-0.3, -0.25) is 0 Å². The van der Waals surface area contributed by atoms with Crippen LogP contribution < -0.4 is 0 Å². The molecule has 2 fully saturated rings. The van der Waals surface area contributed by atoms with Crippen molar-refractivity contribution in [2.75, 3.05) is 0 Å². The van der Waals surface area contributed by atoms with E-state index in [-0.39, 0.29) is 11.8 Å². The van der Waals surface area contributed by atoms with Crippen LogP contribution in [0.1, 0.15) is 6.42 Å². The summed E-state index contributed by atoms with van der Waals surface area (Å²) in [6.45, 7) is 0. The maximum Gasteiger partial charge on any atom is 0.254 e. The Bertz CT molecular complexity index is 87.7. The molecule has 0 aliphatic heterocycles. The van der Waals surface area contributed by atoms with E-state index in [9.17, 15) is 8.78 Å². The molecule has 2 saturated carbocycles. The van der Waals surface area contributed by atoms with Gasteiger partial charge < -0.3 is 0 Å². The standard InChI is InChI=1S/C4H4F2/c5-4(6)2-1-3(2)4/h2-3H,1H2/t2-,3?/m0/s1. The van der Waals surface area contributed by atoms with Crippen LogP contribution in [0.4, 0.5) is 8.78 Å². The number of alkyl halides is 2. The lowest BCUT2D eigenvalue weighted by molar-refractivity contribution is 0.0550. The number of hydrogen-bond donors (Lipinski definition) is 0. The largest absolute Gasteiger partial charge is 0.254 e. The summed E-state index contributed by atoms with van der Waals surface area (Å²) in [5, 5.41) is 0. The predicted molar refractivity (Wildman–Crippen MR) is 16.5 cm³/mol. The fourth-order valence-electron chi connectivity index (χ4n) is 0.809. The SMILES string of the molecule is FC1(F)C2C[C@@H]21. The minimum Gasteiger partial charge on any atom is -0.206 e. The second-order valence-electron chi connectivity index (χ2n) is 2.12. The summed E-state index contributed by atoms with van der Waals surface area (Å²) in [7, 11) is 0. The highest BCUT2D eigenvalue weighted by atomic mass is 19.3. The third-order valence-electron chi connectivity index (χ3n) is 1.67. The van der Waals surface area contributed by atoms with Crippen LogP contribution in [0.15, 0.2) is 0 Å². The minimum absolute atomic E-state index is 0.169. The molecule has 0 bridgehead atoms. The van der Waals surface area contributed by atoms with Crippen LogP contribution >= 0.6 is 0 Å². The Labute approximate surface area is 34.2 Å². The minimum atomic E-state index is -2.19. The molecule has 2 rings (SSSR count). The summed E-state index contributed by atoms with van der Waals surface area (Å²) in [6, 6.07) is 0. The van der Waals surface area contributed by atoms with Gasteiger partial charge in [0.2, 0.25) is 0 Å². The van der Waals surface area contributed by atoms with Crippen molar-refractivity contribution in [3.63, 3.8) is 0 Å². The van der Waals surface area contributed by atoms with E-state index < -0.39 is 5.92 Å². The van der Waals surface area contributed by atoms with Gasteiger partial charge in [-0.05, 0) is 6.42 Å². The van der Waals surface area contributed by atoms with Gasteiger partial charge >= 0.3 is 0 Å². The van der Waals surface area contributed by atoms with Gasteiger partial charge in [0.25, 0.3) is 5.92 Å². The zero-order valence-corrected chi connectivity index (χ0v) is 3.12. The van der Waals surface area contributed by atoms with Crippen LogP contribution in [-0.4, -0.2) is 5.92 Å². The van der Waals surface area contributed by atoms with Crippen LogP contribution in [0.25, 0.3) is 0 Å². The molecule has 2 heteroatoms. The molecule has 2 aliphatic carbocycles. The highest BCUT2D eigenvalue weighted by Gasteiger charge is 2.80. The smallest absolute Gasteiger partial charge is 0.206 e. The van der Waals surface area contributed by atoms with Crippen molar-refractivity contribution in [3.05, 3.63) is 0 Å². The molecule has 6 heavy (non-hydrogen) atoms. The lowest BCUT2D eigenvalue weighted by atomic mass is 10.4. The molecule has 0 radical (unpaired) electrons. The van der Waals surface area contributed by atoms with Crippen molar-refractivity contribution in [2.24, 2.45) is 11.8 Å². The molecule has 2 aliphatic rings. The molecule has 0 aromatic rings. The van der Waals surface area contributed by atoms with Gasteiger partial charge in [-0.15, -0.1) is 0 Å². The van der Waals surface area contributed by atoms with Crippen molar-refractivity contribution in [2.45, 2.75) is 12.3 Å². The lowest BCUT2D eigenvalue weighted by Crippen LogP contribution is -2.00. The number of halogens is 2. The Morgan fingerprint density at radius 2 is 1.67 bits per heavy atom. The molecule has 0 heterocycles. The van der Waals surface area contributed by atoms with Crippen molar-refractivity contribution in [3.8, 4) is 0 Å². The third kappa shape index (κ3) is 0.126. The monoisotopic (exact) mass is 90.0 g/mol. The van der Waals surface area contributed by atoms with Gasteiger partial charge in [-0.1, -0.05) is 0 Å². The molecule has 0 nitrogen and oxygen atoms in total. The Morgan fingerprint density at radius 3 is 1.67 bits per heavy atom. The number of hydrogen-bond acceptors (Lipinski definition) is 0. The van der Waals surface area contributed by atoms with Crippen molar-refractivity contribution in [1.82, 2.24) is 0 Å². The van der Waals surface area contributed by atoms with E-state index in [4.69, 9.17) is 0 Å². The Balaban J connectivity index is 2.21. The number of fused-ring (bicyclic) bond motifs is 1. The quantitative estimate of drug-likeness (QED) is 0.420. The van der Waals surface area contributed by atoms with Gasteiger partial charge in [-0.2, -0.15) is 0 Å². The topological polar surface area (TPSA) is 0 Å². The summed E-state index contributed by atoms with van der Waals surface area (Å²) < 4.78 is 23.2. The normalized spacial score (nSPS) is 57.0. The molecule has 0 aromatic carbocycles. The van der Waals surface area contributed by atoms with Crippen molar-refractivity contribution >= 4 is 0 Å². The van der Waals surface area contributed by atoms with Gasteiger partial charge in [0, 0.05) is 11.8 Å². The van der Waals surface area contributed by atoms with E-state index in [2.05, 4.69) is 0 Å². The van der Waals surface area contributed by atoms with Crippen LogP contribution in [0, 0.1) is 11.8 Å². The van der Waals surface area contributed by atoms with Gasteiger partial charge in [0.15, 0.2) is 0 Å². The summed E-state index contributed by atoms with van der Waals surface area (Å²) in [4.78, 5) is 0. The van der Waals surface area contributed by atoms with E-state index in [1.807, 2.05) is 0 Å². The molecule has 1 unspecified atom stereocenters. The van der Waals surface area contributed by atoms with Crippen LogP contribution in [0.5, 0.6) is 0 Å². The lowest BCUT2D eigenvalue weighted by Gasteiger charge is -1.94. The van der Waals surface area contributed by atoms with Gasteiger partial charge in [0.1, 0.15) is 0 Å². The van der Waals surface area contributed by atoms with Gasteiger partial charge in [-0.25, -0.2) is 8.78 Å². The molecule has 0 saturated heterocycles. The first-order chi connectivity index (χ1) is 2.73. The molecule has 0 N–H and O–H groups in total. The first-order valence-electron chi connectivity index (χ1n) is 2.11. The highest BCUT2D eigenvalue weighted by Crippen LogP contribution is 2.74. The second-order valence-corrected chi connectivity index (χ2v) is 2.12. The first kappa shape index (κ1) is 2.94. The van der Waals surface area contributed by atoms with E-state index >= 15 is 0 Å². The summed E-state index contributed by atoms with van der Waals surface area (Å²) in [5.74, 6) is -2.53. The molecule has 2 atom stereocenters. The molecule has 0 spiro atoms. The fourth-order valence-corrected chi connectivity index (χ4v) is 0.809. The molecule has 0 amide bonds. The van der Waals surface area contributed by atoms with Crippen LogP contribution in [-0.2, 0) is 0 Å². The van der Waals surface area contributed by atoms with E-state index in [1.54, 1.807) is 0 Å². The van der Waals surface area contributed by atoms with E-state index in [0.29, 0.717) is 0 Å². The third-order valence-corrected chi connectivity index (χ3v) is 1.67. The Morgan fingerprint density at radius 1 is 1.33 bits per heavy atom. The second kappa shape index (κ2) is 0.438.